The molecule has 170 valence electrons. The molecule has 1 heterocycles. The van der Waals surface area contributed by atoms with Crippen LogP contribution >= 0.6 is 31.9 Å². The van der Waals surface area contributed by atoms with Gasteiger partial charge in [0.2, 0.25) is 10.0 Å². The maximum Gasteiger partial charge on any atom is 0.411 e. The molecule has 0 radical (unpaired) electrons. The Labute approximate surface area is 203 Å². The van der Waals surface area contributed by atoms with E-state index >= 15 is 0 Å². The molecule has 9 nitrogen and oxygen atoms in total. The van der Waals surface area contributed by atoms with Crippen LogP contribution in [-0.4, -0.2) is 51.8 Å². The number of hydrogen-bond donors (Lipinski definition) is 2. The second-order valence-corrected chi connectivity index (χ2v) is 10.4. The van der Waals surface area contributed by atoms with E-state index in [2.05, 4.69) is 41.9 Å². The highest BCUT2D eigenvalue weighted by Gasteiger charge is 2.35. The summed E-state index contributed by atoms with van der Waals surface area (Å²) in [7, 11) is -2.34. The van der Waals surface area contributed by atoms with Gasteiger partial charge in [-0.25, -0.2) is 17.9 Å². The zero-order valence-electron chi connectivity index (χ0n) is 16.9. The molecular formula is C20H20Br2N4O5S. The van der Waals surface area contributed by atoms with Crippen molar-refractivity contribution in [1.29, 1.82) is 5.26 Å². The molecule has 12 heteroatoms. The molecule has 0 bridgehead atoms. The van der Waals surface area contributed by atoms with Crippen LogP contribution in [0.25, 0.3) is 0 Å². The minimum atomic E-state index is -3.83. The maximum absolute atomic E-state index is 12.8. The van der Waals surface area contributed by atoms with Crippen molar-refractivity contribution in [3.8, 4) is 11.9 Å². The van der Waals surface area contributed by atoms with E-state index in [-0.39, 0.29) is 18.0 Å². The van der Waals surface area contributed by atoms with Crippen LogP contribution < -0.4 is 14.8 Å². The number of halogens is 2. The van der Waals surface area contributed by atoms with Crippen LogP contribution in [0.3, 0.4) is 0 Å². The fraction of sp³-hybridized carbons (Fsp3) is 0.300. The number of anilines is 1. The number of carbonyl (C=O) groups is 1. The molecule has 32 heavy (non-hydrogen) atoms. The molecule has 0 aliphatic carbocycles. The summed E-state index contributed by atoms with van der Waals surface area (Å²) >= 11 is 6.53. The Morgan fingerprint density at radius 2 is 2.03 bits per heavy atom. The van der Waals surface area contributed by atoms with Crippen molar-refractivity contribution in [1.82, 2.24) is 9.62 Å². The first-order valence-electron chi connectivity index (χ1n) is 9.44. The monoisotopic (exact) mass is 586 g/mol. The summed E-state index contributed by atoms with van der Waals surface area (Å²) in [4.78, 5) is 13.7. The molecule has 2 aromatic rings. The minimum absolute atomic E-state index is 0.0760. The van der Waals surface area contributed by atoms with Gasteiger partial charge < -0.3 is 14.4 Å². The maximum atomic E-state index is 12.8. The lowest BCUT2D eigenvalue weighted by molar-refractivity contribution is 0.134. The summed E-state index contributed by atoms with van der Waals surface area (Å²) in [6.07, 6.45) is 1.64. The van der Waals surface area contributed by atoms with Gasteiger partial charge in [0, 0.05) is 21.5 Å². The van der Waals surface area contributed by atoms with Crippen molar-refractivity contribution in [3.63, 3.8) is 0 Å². The number of benzene rings is 2. The van der Waals surface area contributed by atoms with Crippen molar-refractivity contribution >= 4 is 53.7 Å². The lowest BCUT2D eigenvalue weighted by Gasteiger charge is -2.18. The zero-order chi connectivity index (χ0) is 23.3. The van der Waals surface area contributed by atoms with Crippen molar-refractivity contribution < 1.29 is 22.7 Å². The molecule has 0 unspecified atom stereocenters. The Morgan fingerprint density at radius 3 is 2.75 bits per heavy atom. The van der Waals surface area contributed by atoms with E-state index in [9.17, 15) is 18.5 Å². The Hall–Kier alpha value is -2.33. The van der Waals surface area contributed by atoms with E-state index < -0.39 is 28.2 Å². The number of hydrogen-bond acceptors (Lipinski definition) is 7. The third-order valence-electron chi connectivity index (χ3n) is 4.80. The Kier molecular flexibility index (Phi) is 8.00. The second-order valence-electron chi connectivity index (χ2n) is 6.96. The zero-order valence-corrected chi connectivity index (χ0v) is 20.9. The molecule has 3 rings (SSSR count). The average molecular weight is 588 g/mol. The van der Waals surface area contributed by atoms with Gasteiger partial charge in [0.05, 0.1) is 23.7 Å². The molecule has 2 aromatic carbocycles. The van der Waals surface area contributed by atoms with Crippen molar-refractivity contribution in [2.24, 2.45) is 0 Å². The fourth-order valence-corrected chi connectivity index (χ4v) is 6.06. The summed E-state index contributed by atoms with van der Waals surface area (Å²) in [5.74, 6) is 0.483. The Balaban J connectivity index is 1.60. The van der Waals surface area contributed by atoms with Crippen LogP contribution in [0, 0.1) is 11.5 Å². The fourth-order valence-electron chi connectivity index (χ4n) is 3.31. The number of nitriles is 1. The number of methoxy groups -OCH3 is 1. The van der Waals surface area contributed by atoms with Crippen LogP contribution in [-0.2, 0) is 14.8 Å². The highest BCUT2D eigenvalue weighted by Crippen LogP contribution is 2.27. The lowest BCUT2D eigenvalue weighted by Crippen LogP contribution is -2.36. The molecule has 1 aliphatic rings. The number of sulfonamides is 1. The van der Waals surface area contributed by atoms with Gasteiger partial charge in [0.1, 0.15) is 12.4 Å². The molecule has 1 aliphatic heterocycles. The summed E-state index contributed by atoms with van der Waals surface area (Å²) in [6.45, 7) is 0.0941. The van der Waals surface area contributed by atoms with Crippen molar-refractivity contribution in [2.45, 2.75) is 23.4 Å². The first kappa shape index (κ1) is 24.3. The van der Waals surface area contributed by atoms with Gasteiger partial charge in [-0.3, -0.25) is 5.32 Å². The van der Waals surface area contributed by atoms with E-state index in [4.69, 9.17) is 9.47 Å². The van der Waals surface area contributed by atoms with E-state index in [0.717, 1.165) is 0 Å². The van der Waals surface area contributed by atoms with Crippen molar-refractivity contribution in [3.05, 3.63) is 51.4 Å². The van der Waals surface area contributed by atoms with E-state index in [1.807, 2.05) is 6.19 Å². The average Bonchev–Trinajstić information content (AvgIpc) is 3.15. The third kappa shape index (κ3) is 5.92. The normalized spacial score (nSPS) is 18.1. The Bertz CT molecular complexity index is 1140. The van der Waals surface area contributed by atoms with Gasteiger partial charge in [-0.2, -0.15) is 5.26 Å². The van der Waals surface area contributed by atoms with Gasteiger partial charge in [0.25, 0.3) is 0 Å². The lowest BCUT2D eigenvalue weighted by atomic mass is 10.2. The molecular weight excluding hydrogens is 568 g/mol. The third-order valence-corrected chi connectivity index (χ3v) is 7.81. The number of rotatable bonds is 7. The first-order chi connectivity index (χ1) is 15.2. The minimum Gasteiger partial charge on any atom is -0.495 e. The van der Waals surface area contributed by atoms with Gasteiger partial charge in [-0.05, 0) is 52.7 Å². The quantitative estimate of drug-likeness (QED) is 0.474. The van der Waals surface area contributed by atoms with Crippen LogP contribution in [0.1, 0.15) is 6.42 Å². The predicted octanol–water partition coefficient (Wildman–Crippen LogP) is 3.67. The summed E-state index contributed by atoms with van der Waals surface area (Å²) in [5.41, 5.74) is 0.453. The second kappa shape index (κ2) is 10.5. The predicted molar refractivity (Wildman–Crippen MR) is 125 cm³/mol. The first-order valence-corrected chi connectivity index (χ1v) is 12.5. The van der Waals surface area contributed by atoms with Crippen LogP contribution in [0.15, 0.2) is 56.3 Å². The van der Waals surface area contributed by atoms with E-state index in [1.54, 1.807) is 36.4 Å². The molecule has 1 fully saturated rings. The molecule has 0 aromatic heterocycles. The van der Waals surface area contributed by atoms with Crippen LogP contribution in [0.5, 0.6) is 5.75 Å². The van der Waals surface area contributed by atoms with Gasteiger partial charge in [0.15, 0.2) is 6.19 Å². The van der Waals surface area contributed by atoms with Crippen LogP contribution in [0.4, 0.5) is 10.5 Å². The molecule has 2 N–H and O–H groups in total. The topological polar surface area (TPSA) is 121 Å². The number of nitrogens with zero attached hydrogens (tertiary/aromatic N) is 2. The summed E-state index contributed by atoms with van der Waals surface area (Å²) in [5, 5.41) is 12.0. The van der Waals surface area contributed by atoms with Gasteiger partial charge in [-0.15, -0.1) is 0 Å². The highest BCUT2D eigenvalue weighted by atomic mass is 79.9. The SMILES string of the molecule is COc1ccccc1NC(=O)OC[C@H]1C[C@@H](NS(=O)(=O)c2cc(Br)ccc2Br)CN1C#N. The number of likely N-dealkylation sites (tertiary alicyclic amines) is 1. The smallest absolute Gasteiger partial charge is 0.411 e. The van der Waals surface area contributed by atoms with Crippen LogP contribution in [0.2, 0.25) is 0 Å². The molecule has 0 spiro atoms. The summed E-state index contributed by atoms with van der Waals surface area (Å²) in [6, 6.07) is 10.8. The van der Waals surface area contributed by atoms with E-state index in [1.165, 1.54) is 18.1 Å². The largest absolute Gasteiger partial charge is 0.495 e. The molecule has 1 amide bonds. The molecule has 2 atom stereocenters. The number of para-hydroxylation sites is 2. The number of nitrogens with one attached hydrogen (secondary N) is 2. The van der Waals surface area contributed by atoms with E-state index in [0.29, 0.717) is 26.8 Å². The number of ether oxygens (including phenoxy) is 2. The highest BCUT2D eigenvalue weighted by molar-refractivity contribution is 9.11. The van der Waals surface area contributed by atoms with Gasteiger partial charge in [-0.1, -0.05) is 28.1 Å². The Morgan fingerprint density at radius 1 is 1.28 bits per heavy atom. The number of carbonyl (C=O) groups excluding carboxylic acids is 1. The molecule has 1 saturated heterocycles. The van der Waals surface area contributed by atoms with Crippen molar-refractivity contribution in [2.75, 3.05) is 25.6 Å². The summed E-state index contributed by atoms with van der Waals surface area (Å²) < 4.78 is 39.8. The molecule has 0 saturated carbocycles. The number of amides is 1. The standard InChI is InChI=1S/C20H20Br2N4O5S/c1-30-18-5-3-2-4-17(18)24-20(27)31-11-15-9-14(10-26(15)12-23)25-32(28,29)19-8-13(21)6-7-16(19)22/h2-8,14-15,25H,9-11H2,1H3,(H,24,27)/t14-,15-/m1/s1. The van der Waals surface area contributed by atoms with Gasteiger partial charge >= 0.3 is 6.09 Å².